The molecular weight excluding hydrogens is 196 g/mol. The maximum atomic E-state index is 10.8. The Balaban J connectivity index is 3.07. The number of aldehydes is 1. The number of hydrogen-bond donors (Lipinski definition) is 0. The van der Waals surface area contributed by atoms with Crippen LogP contribution in [0.1, 0.15) is 18.9 Å². The van der Waals surface area contributed by atoms with Crippen LogP contribution in [0.4, 0.5) is 0 Å². The maximum absolute atomic E-state index is 10.8. The van der Waals surface area contributed by atoms with Gasteiger partial charge >= 0.3 is 0 Å². The highest BCUT2D eigenvalue weighted by Gasteiger charge is 1.97. The normalized spacial score (nSPS) is 12.3. The van der Waals surface area contributed by atoms with Crippen LogP contribution in [0.15, 0.2) is 60.7 Å². The molecular formula is C15H16O. The summed E-state index contributed by atoms with van der Waals surface area (Å²) in [5, 5.41) is 0. The van der Waals surface area contributed by atoms with Gasteiger partial charge in [-0.15, -0.1) is 0 Å². The molecule has 0 unspecified atom stereocenters. The highest BCUT2D eigenvalue weighted by atomic mass is 16.1. The first-order valence-electron chi connectivity index (χ1n) is 5.36. The van der Waals surface area contributed by atoms with Crippen molar-refractivity contribution in [1.82, 2.24) is 0 Å². The molecule has 0 N–H and O–H groups in total. The van der Waals surface area contributed by atoms with Crippen LogP contribution in [-0.4, -0.2) is 6.29 Å². The molecule has 0 aliphatic carbocycles. The van der Waals surface area contributed by atoms with Gasteiger partial charge in [-0.2, -0.15) is 0 Å². The fourth-order valence-electron chi connectivity index (χ4n) is 1.45. The lowest BCUT2D eigenvalue weighted by Crippen LogP contribution is -1.84. The van der Waals surface area contributed by atoms with Gasteiger partial charge in [-0.3, -0.25) is 4.79 Å². The van der Waals surface area contributed by atoms with Crippen LogP contribution in [0.3, 0.4) is 0 Å². The SMILES string of the molecule is C=C/C(=C\C(C=O)=C/CC)c1ccccc1. The van der Waals surface area contributed by atoms with Gasteiger partial charge < -0.3 is 0 Å². The molecule has 0 fully saturated rings. The van der Waals surface area contributed by atoms with Crippen LogP contribution in [0.2, 0.25) is 0 Å². The Morgan fingerprint density at radius 2 is 2.00 bits per heavy atom. The van der Waals surface area contributed by atoms with E-state index in [2.05, 4.69) is 6.58 Å². The first-order chi connectivity index (χ1) is 7.81. The summed E-state index contributed by atoms with van der Waals surface area (Å²) in [7, 11) is 0. The molecule has 0 saturated heterocycles. The van der Waals surface area contributed by atoms with Crippen molar-refractivity contribution in [2.75, 3.05) is 0 Å². The number of rotatable bonds is 5. The van der Waals surface area contributed by atoms with E-state index in [0.29, 0.717) is 5.57 Å². The van der Waals surface area contributed by atoms with Gasteiger partial charge in [0, 0.05) is 5.57 Å². The molecule has 82 valence electrons. The summed E-state index contributed by atoms with van der Waals surface area (Å²) >= 11 is 0. The number of hydrogen-bond acceptors (Lipinski definition) is 1. The fourth-order valence-corrected chi connectivity index (χ4v) is 1.45. The van der Waals surface area contributed by atoms with Crippen LogP contribution in [-0.2, 0) is 4.79 Å². The van der Waals surface area contributed by atoms with E-state index in [1.165, 1.54) is 0 Å². The highest BCUT2D eigenvalue weighted by Crippen LogP contribution is 2.16. The minimum Gasteiger partial charge on any atom is -0.298 e. The number of allylic oxidation sites excluding steroid dienone is 5. The van der Waals surface area contributed by atoms with Crippen LogP contribution >= 0.6 is 0 Å². The van der Waals surface area contributed by atoms with Crippen molar-refractivity contribution < 1.29 is 4.79 Å². The molecule has 0 spiro atoms. The Labute approximate surface area is 96.8 Å². The molecule has 0 aliphatic heterocycles. The second-order valence-corrected chi connectivity index (χ2v) is 3.40. The quantitative estimate of drug-likeness (QED) is 0.412. The van der Waals surface area contributed by atoms with E-state index in [9.17, 15) is 4.79 Å². The summed E-state index contributed by atoms with van der Waals surface area (Å²) < 4.78 is 0. The first kappa shape index (κ1) is 12.2. The summed E-state index contributed by atoms with van der Waals surface area (Å²) in [6, 6.07) is 9.91. The predicted octanol–water partition coefficient (Wildman–Crippen LogP) is 3.79. The average Bonchev–Trinajstić information content (AvgIpc) is 2.35. The summed E-state index contributed by atoms with van der Waals surface area (Å²) in [4.78, 5) is 10.8. The number of carbonyl (C=O) groups is 1. The van der Waals surface area contributed by atoms with Crippen LogP contribution < -0.4 is 0 Å². The third kappa shape index (κ3) is 3.35. The van der Waals surface area contributed by atoms with Crippen LogP contribution in [0, 0.1) is 0 Å². The van der Waals surface area contributed by atoms with Gasteiger partial charge in [0.15, 0.2) is 0 Å². The second-order valence-electron chi connectivity index (χ2n) is 3.40. The smallest absolute Gasteiger partial charge is 0.149 e. The van der Waals surface area contributed by atoms with Crippen molar-refractivity contribution in [3.05, 3.63) is 66.3 Å². The molecule has 0 aromatic heterocycles. The molecule has 1 aromatic rings. The maximum Gasteiger partial charge on any atom is 0.149 e. The Morgan fingerprint density at radius 3 is 2.50 bits per heavy atom. The summed E-state index contributed by atoms with van der Waals surface area (Å²) in [5.41, 5.74) is 2.73. The van der Waals surface area contributed by atoms with E-state index in [0.717, 1.165) is 23.8 Å². The van der Waals surface area contributed by atoms with Crippen LogP contribution in [0.5, 0.6) is 0 Å². The summed E-state index contributed by atoms with van der Waals surface area (Å²) in [6.07, 6.45) is 7.25. The minimum absolute atomic E-state index is 0.696. The lowest BCUT2D eigenvalue weighted by molar-refractivity contribution is -0.104. The molecule has 1 nitrogen and oxygen atoms in total. The van der Waals surface area contributed by atoms with Gasteiger partial charge in [-0.1, -0.05) is 56.0 Å². The van der Waals surface area contributed by atoms with Crippen molar-refractivity contribution in [2.45, 2.75) is 13.3 Å². The molecule has 1 heteroatoms. The van der Waals surface area contributed by atoms with E-state index in [1.54, 1.807) is 6.08 Å². The number of carbonyl (C=O) groups excluding carboxylic acids is 1. The molecule has 0 atom stereocenters. The molecule has 16 heavy (non-hydrogen) atoms. The van der Waals surface area contributed by atoms with Gasteiger partial charge in [0.25, 0.3) is 0 Å². The van der Waals surface area contributed by atoms with E-state index >= 15 is 0 Å². The van der Waals surface area contributed by atoms with Gasteiger partial charge in [0.05, 0.1) is 0 Å². The zero-order valence-electron chi connectivity index (χ0n) is 9.52. The Hall–Kier alpha value is -1.89. The zero-order chi connectivity index (χ0) is 11.8. The van der Waals surface area contributed by atoms with E-state index in [-0.39, 0.29) is 0 Å². The molecule has 0 heterocycles. The standard InChI is InChI=1S/C15H16O/c1-3-8-13(12-16)11-14(4-2)15-9-6-5-7-10-15/h4-12H,2-3H2,1H3/b13-8+,14-11+. The van der Waals surface area contributed by atoms with E-state index < -0.39 is 0 Å². The second kappa shape index (κ2) is 6.57. The first-order valence-corrected chi connectivity index (χ1v) is 5.36. The topological polar surface area (TPSA) is 17.1 Å². The lowest BCUT2D eigenvalue weighted by atomic mass is 10.0. The van der Waals surface area contributed by atoms with Crippen molar-refractivity contribution in [3.63, 3.8) is 0 Å². The zero-order valence-corrected chi connectivity index (χ0v) is 9.52. The van der Waals surface area contributed by atoms with E-state index in [4.69, 9.17) is 0 Å². The van der Waals surface area contributed by atoms with Crippen molar-refractivity contribution in [3.8, 4) is 0 Å². The Morgan fingerprint density at radius 1 is 1.31 bits per heavy atom. The molecule has 0 radical (unpaired) electrons. The van der Waals surface area contributed by atoms with Gasteiger partial charge in [0.2, 0.25) is 0 Å². The van der Waals surface area contributed by atoms with Crippen molar-refractivity contribution in [2.24, 2.45) is 0 Å². The molecule has 1 aromatic carbocycles. The third-order valence-electron chi connectivity index (χ3n) is 2.23. The van der Waals surface area contributed by atoms with Gasteiger partial charge in [0.1, 0.15) is 6.29 Å². The highest BCUT2D eigenvalue weighted by molar-refractivity contribution is 5.85. The van der Waals surface area contributed by atoms with Crippen molar-refractivity contribution in [1.29, 1.82) is 0 Å². The lowest BCUT2D eigenvalue weighted by Gasteiger charge is -2.01. The number of benzene rings is 1. The van der Waals surface area contributed by atoms with Gasteiger partial charge in [-0.05, 0) is 23.6 Å². The Kier molecular flexibility index (Phi) is 5.00. The molecule has 1 rings (SSSR count). The summed E-state index contributed by atoms with van der Waals surface area (Å²) in [6.45, 7) is 5.78. The Bertz CT molecular complexity index is 410. The predicted molar refractivity (Wildman–Crippen MR) is 69.1 cm³/mol. The third-order valence-corrected chi connectivity index (χ3v) is 2.23. The fraction of sp³-hybridized carbons (Fsp3) is 0.133. The van der Waals surface area contributed by atoms with E-state index in [1.807, 2.05) is 49.4 Å². The monoisotopic (exact) mass is 212 g/mol. The molecule has 0 aliphatic rings. The molecule has 0 amide bonds. The largest absolute Gasteiger partial charge is 0.298 e. The molecule has 0 bridgehead atoms. The van der Waals surface area contributed by atoms with Gasteiger partial charge in [-0.25, -0.2) is 0 Å². The van der Waals surface area contributed by atoms with Crippen LogP contribution in [0.25, 0.3) is 5.57 Å². The average molecular weight is 212 g/mol. The molecule has 0 saturated carbocycles. The van der Waals surface area contributed by atoms with Crippen molar-refractivity contribution >= 4 is 11.9 Å². The summed E-state index contributed by atoms with van der Waals surface area (Å²) in [5.74, 6) is 0. The minimum atomic E-state index is 0.696.